The minimum atomic E-state index is -4.61. The summed E-state index contributed by atoms with van der Waals surface area (Å²) in [6, 6.07) is 3.59. The molecule has 0 saturated carbocycles. The van der Waals surface area contributed by atoms with E-state index in [2.05, 4.69) is 6.58 Å². The summed E-state index contributed by atoms with van der Waals surface area (Å²) in [6.45, 7) is 5.41. The van der Waals surface area contributed by atoms with E-state index in [0.717, 1.165) is 6.07 Å². The average Bonchev–Trinajstić information content (AvgIpc) is 2.45. The molecule has 0 radical (unpaired) electrons. The number of hydrogen-bond acceptors (Lipinski definition) is 4. The number of esters is 1. The summed E-state index contributed by atoms with van der Waals surface area (Å²) in [6.07, 6.45) is -6.84. The zero-order valence-corrected chi connectivity index (χ0v) is 12.1. The molecule has 0 spiro atoms. The third-order valence-corrected chi connectivity index (χ3v) is 3.30. The molecule has 1 aromatic rings. The Bertz CT molecular complexity index is 595. The van der Waals surface area contributed by atoms with Crippen LogP contribution in [0, 0.1) is 0 Å². The van der Waals surface area contributed by atoms with Crippen molar-refractivity contribution >= 4 is 11.5 Å². The van der Waals surface area contributed by atoms with E-state index < -0.39 is 35.7 Å². The summed E-state index contributed by atoms with van der Waals surface area (Å²) >= 11 is 0. The van der Waals surface area contributed by atoms with Crippen molar-refractivity contribution in [3.8, 4) is 5.75 Å². The van der Waals surface area contributed by atoms with Gasteiger partial charge in [-0.2, -0.15) is 13.2 Å². The van der Waals surface area contributed by atoms with Crippen molar-refractivity contribution in [2.24, 2.45) is 0 Å². The van der Waals surface area contributed by atoms with Gasteiger partial charge in [-0.1, -0.05) is 18.7 Å². The molecular weight excluding hydrogens is 301 g/mol. The SMILES string of the molecule is C=C1c2cccc(C(F)(F)F)c2OC(C(=O)OCC)C1OC. The highest BCUT2D eigenvalue weighted by atomic mass is 19.4. The van der Waals surface area contributed by atoms with Crippen LogP contribution in [0.3, 0.4) is 0 Å². The van der Waals surface area contributed by atoms with Gasteiger partial charge in [0.15, 0.2) is 0 Å². The van der Waals surface area contributed by atoms with E-state index in [9.17, 15) is 18.0 Å². The van der Waals surface area contributed by atoms with E-state index in [1.54, 1.807) is 6.92 Å². The fourth-order valence-corrected chi connectivity index (χ4v) is 2.33. The van der Waals surface area contributed by atoms with Gasteiger partial charge in [0.25, 0.3) is 0 Å². The minimum Gasteiger partial charge on any atom is -0.474 e. The van der Waals surface area contributed by atoms with Crippen LogP contribution in [-0.4, -0.2) is 31.9 Å². The van der Waals surface area contributed by atoms with Gasteiger partial charge in [-0.15, -0.1) is 0 Å². The molecule has 0 saturated heterocycles. The standard InChI is InChI=1S/C15H15F3O4/c1-4-21-14(19)13-11(20-3)8(2)9-6-5-7-10(12(9)22-13)15(16,17)18/h5-7,11,13H,2,4H2,1,3H3. The van der Waals surface area contributed by atoms with Crippen molar-refractivity contribution in [3.05, 3.63) is 35.9 Å². The summed E-state index contributed by atoms with van der Waals surface area (Å²) in [5, 5.41) is 0. The number of benzene rings is 1. The first kappa shape index (κ1) is 16.4. The molecule has 2 unspecified atom stereocenters. The Balaban J connectivity index is 2.52. The topological polar surface area (TPSA) is 44.8 Å². The fourth-order valence-electron chi connectivity index (χ4n) is 2.33. The maximum Gasteiger partial charge on any atom is 0.419 e. The number of ether oxygens (including phenoxy) is 3. The summed E-state index contributed by atoms with van der Waals surface area (Å²) in [4.78, 5) is 11.9. The number of halogens is 3. The Labute approximate surface area is 125 Å². The first-order valence-corrected chi connectivity index (χ1v) is 6.56. The lowest BCUT2D eigenvalue weighted by Crippen LogP contribution is -2.45. The highest BCUT2D eigenvalue weighted by molar-refractivity contribution is 5.85. The van der Waals surface area contributed by atoms with Gasteiger partial charge in [-0.05, 0) is 18.6 Å². The molecule has 0 N–H and O–H groups in total. The van der Waals surface area contributed by atoms with E-state index >= 15 is 0 Å². The second kappa shape index (κ2) is 6.00. The zero-order chi connectivity index (χ0) is 16.5. The maximum atomic E-state index is 13.1. The Hall–Kier alpha value is -2.02. The third-order valence-electron chi connectivity index (χ3n) is 3.30. The van der Waals surface area contributed by atoms with Gasteiger partial charge in [-0.3, -0.25) is 0 Å². The van der Waals surface area contributed by atoms with Crippen LogP contribution in [0.2, 0.25) is 0 Å². The highest BCUT2D eigenvalue weighted by Gasteiger charge is 2.44. The molecule has 22 heavy (non-hydrogen) atoms. The molecule has 0 amide bonds. The molecule has 0 aliphatic carbocycles. The van der Waals surface area contributed by atoms with Gasteiger partial charge in [0.05, 0.1) is 12.2 Å². The molecular formula is C15H15F3O4. The van der Waals surface area contributed by atoms with Crippen molar-refractivity contribution in [3.63, 3.8) is 0 Å². The minimum absolute atomic E-state index is 0.0787. The first-order valence-electron chi connectivity index (χ1n) is 6.56. The van der Waals surface area contributed by atoms with E-state index in [-0.39, 0.29) is 17.7 Å². The molecule has 2 atom stereocenters. The van der Waals surface area contributed by atoms with Crippen LogP contribution in [0.5, 0.6) is 5.75 Å². The summed E-state index contributed by atoms with van der Waals surface area (Å²) in [5.41, 5.74) is -0.551. The molecule has 1 aliphatic rings. The molecule has 1 aromatic carbocycles. The Morgan fingerprint density at radius 2 is 2.09 bits per heavy atom. The summed E-state index contributed by atoms with van der Waals surface area (Å²) in [5.74, 6) is -1.22. The van der Waals surface area contributed by atoms with Crippen LogP contribution in [-0.2, 0) is 20.4 Å². The second-order valence-corrected chi connectivity index (χ2v) is 4.65. The predicted octanol–water partition coefficient (Wildman–Crippen LogP) is 3.06. The van der Waals surface area contributed by atoms with Crippen LogP contribution in [0.4, 0.5) is 13.2 Å². The lowest BCUT2D eigenvalue weighted by Gasteiger charge is -2.34. The number of carbonyl (C=O) groups is 1. The molecule has 0 fully saturated rings. The highest BCUT2D eigenvalue weighted by Crippen LogP contribution is 2.44. The van der Waals surface area contributed by atoms with E-state index in [0.29, 0.717) is 0 Å². The lowest BCUT2D eigenvalue weighted by atomic mass is 9.92. The van der Waals surface area contributed by atoms with Crippen LogP contribution in [0.25, 0.3) is 5.57 Å². The Morgan fingerprint density at radius 1 is 1.41 bits per heavy atom. The Morgan fingerprint density at radius 3 is 2.64 bits per heavy atom. The number of methoxy groups -OCH3 is 1. The first-order chi connectivity index (χ1) is 10.3. The average molecular weight is 316 g/mol. The van der Waals surface area contributed by atoms with Crippen LogP contribution >= 0.6 is 0 Å². The molecule has 0 bridgehead atoms. The number of alkyl halides is 3. The second-order valence-electron chi connectivity index (χ2n) is 4.65. The molecule has 7 heteroatoms. The zero-order valence-electron chi connectivity index (χ0n) is 12.1. The number of carbonyl (C=O) groups excluding carboxylic acids is 1. The van der Waals surface area contributed by atoms with Crippen LogP contribution < -0.4 is 4.74 Å². The number of hydrogen-bond donors (Lipinski definition) is 0. The number of rotatable bonds is 3. The van der Waals surface area contributed by atoms with Crippen LogP contribution in [0.1, 0.15) is 18.1 Å². The van der Waals surface area contributed by atoms with Gasteiger partial charge >= 0.3 is 12.1 Å². The van der Waals surface area contributed by atoms with Crippen molar-refractivity contribution < 1.29 is 32.2 Å². The molecule has 4 nitrogen and oxygen atoms in total. The summed E-state index contributed by atoms with van der Waals surface area (Å²) < 4.78 is 54.6. The smallest absolute Gasteiger partial charge is 0.419 e. The molecule has 0 aromatic heterocycles. The maximum absolute atomic E-state index is 13.1. The van der Waals surface area contributed by atoms with Crippen molar-refractivity contribution in [1.82, 2.24) is 0 Å². The monoisotopic (exact) mass is 316 g/mol. The van der Waals surface area contributed by atoms with Crippen molar-refractivity contribution in [2.75, 3.05) is 13.7 Å². The van der Waals surface area contributed by atoms with E-state index in [1.165, 1.54) is 19.2 Å². The Kier molecular flexibility index (Phi) is 4.46. The van der Waals surface area contributed by atoms with Gasteiger partial charge in [0.2, 0.25) is 6.10 Å². The quantitative estimate of drug-likeness (QED) is 0.804. The largest absolute Gasteiger partial charge is 0.474 e. The summed E-state index contributed by atoms with van der Waals surface area (Å²) in [7, 11) is 1.32. The molecule has 120 valence electrons. The van der Waals surface area contributed by atoms with Crippen molar-refractivity contribution in [1.29, 1.82) is 0 Å². The van der Waals surface area contributed by atoms with E-state index in [1.807, 2.05) is 0 Å². The molecule has 1 aliphatic heterocycles. The van der Waals surface area contributed by atoms with Gasteiger partial charge < -0.3 is 14.2 Å². The normalized spacial score (nSPS) is 21.0. The van der Waals surface area contributed by atoms with Gasteiger partial charge in [0.1, 0.15) is 11.9 Å². The molecule has 2 rings (SSSR count). The molecule has 1 heterocycles. The van der Waals surface area contributed by atoms with Crippen molar-refractivity contribution in [2.45, 2.75) is 25.3 Å². The van der Waals surface area contributed by atoms with E-state index in [4.69, 9.17) is 14.2 Å². The fraction of sp³-hybridized carbons (Fsp3) is 0.400. The van der Waals surface area contributed by atoms with Gasteiger partial charge in [0, 0.05) is 12.7 Å². The predicted molar refractivity (Wildman–Crippen MR) is 72.3 cm³/mol. The third kappa shape index (κ3) is 2.81. The lowest BCUT2D eigenvalue weighted by molar-refractivity contribution is -0.158. The number of para-hydroxylation sites is 1. The van der Waals surface area contributed by atoms with Crippen LogP contribution in [0.15, 0.2) is 24.8 Å². The number of fused-ring (bicyclic) bond motifs is 1. The van der Waals surface area contributed by atoms with Gasteiger partial charge in [-0.25, -0.2) is 4.79 Å².